The van der Waals surface area contributed by atoms with Crippen LogP contribution in [0.5, 0.6) is 0 Å². The van der Waals surface area contributed by atoms with Crippen molar-refractivity contribution in [2.45, 2.75) is 5.25 Å². The van der Waals surface area contributed by atoms with Gasteiger partial charge < -0.3 is 10.2 Å². The summed E-state index contributed by atoms with van der Waals surface area (Å²) in [6.07, 6.45) is 0. The third-order valence-corrected chi connectivity index (χ3v) is 2.52. The monoisotopic (exact) mass is 198 g/mol. The summed E-state index contributed by atoms with van der Waals surface area (Å²) in [5, 5.41) is 16.8. The van der Waals surface area contributed by atoms with Gasteiger partial charge >= 0.3 is 5.97 Å². The van der Waals surface area contributed by atoms with E-state index in [0.29, 0.717) is 5.56 Å². The van der Waals surface area contributed by atoms with Crippen LogP contribution in [0.15, 0.2) is 30.3 Å². The number of hydrogen-bond donors (Lipinski definition) is 2. The fraction of sp³-hybridized carbons (Fsp3) is 0.222. The molecule has 1 unspecified atom stereocenters. The van der Waals surface area contributed by atoms with Crippen LogP contribution in [0.25, 0.3) is 0 Å². The lowest BCUT2D eigenvalue weighted by molar-refractivity contribution is -0.136. The zero-order valence-electron chi connectivity index (χ0n) is 6.88. The van der Waals surface area contributed by atoms with Gasteiger partial charge in [0.05, 0.1) is 5.94 Å². The fourth-order valence-electron chi connectivity index (χ4n) is 1.01. The van der Waals surface area contributed by atoms with E-state index in [1.807, 2.05) is 6.07 Å². The second kappa shape index (κ2) is 4.89. The summed E-state index contributed by atoms with van der Waals surface area (Å²) in [6.45, 7) is 0. The van der Waals surface area contributed by atoms with Gasteiger partial charge in [0.25, 0.3) is 0 Å². The lowest BCUT2D eigenvalue weighted by Crippen LogP contribution is -2.08. The quantitative estimate of drug-likeness (QED) is 0.720. The van der Waals surface area contributed by atoms with Crippen LogP contribution in [0.3, 0.4) is 0 Å². The summed E-state index contributed by atoms with van der Waals surface area (Å²) in [6, 6.07) is 8.86. The molecule has 13 heavy (non-hydrogen) atoms. The molecular weight excluding hydrogens is 188 g/mol. The van der Waals surface area contributed by atoms with Crippen LogP contribution < -0.4 is 0 Å². The van der Waals surface area contributed by atoms with E-state index in [1.54, 1.807) is 24.3 Å². The number of aliphatic carboxylic acids is 1. The first kappa shape index (κ1) is 10.1. The molecule has 0 aliphatic heterocycles. The van der Waals surface area contributed by atoms with Crippen LogP contribution in [-0.2, 0) is 4.79 Å². The van der Waals surface area contributed by atoms with Gasteiger partial charge in [-0.15, -0.1) is 11.8 Å². The Bertz CT molecular complexity index is 273. The zero-order valence-corrected chi connectivity index (χ0v) is 7.70. The molecule has 0 radical (unpaired) electrons. The highest BCUT2D eigenvalue weighted by atomic mass is 32.2. The van der Waals surface area contributed by atoms with E-state index in [9.17, 15) is 4.79 Å². The first-order valence-electron chi connectivity index (χ1n) is 3.76. The van der Waals surface area contributed by atoms with Crippen LogP contribution in [0.4, 0.5) is 0 Å². The number of thioether (sulfide) groups is 1. The van der Waals surface area contributed by atoms with Crippen molar-refractivity contribution in [3.8, 4) is 0 Å². The second-order valence-electron chi connectivity index (χ2n) is 2.42. The van der Waals surface area contributed by atoms with Gasteiger partial charge in [0.15, 0.2) is 0 Å². The topological polar surface area (TPSA) is 57.5 Å². The van der Waals surface area contributed by atoms with Crippen molar-refractivity contribution < 1.29 is 15.0 Å². The van der Waals surface area contributed by atoms with Crippen molar-refractivity contribution in [1.82, 2.24) is 0 Å². The SMILES string of the molecule is O=C(O)C(SCO)c1ccccc1. The lowest BCUT2D eigenvalue weighted by atomic mass is 10.1. The van der Waals surface area contributed by atoms with Gasteiger partial charge in [-0.25, -0.2) is 0 Å². The molecule has 1 atom stereocenters. The normalized spacial score (nSPS) is 12.4. The Morgan fingerprint density at radius 3 is 2.46 bits per heavy atom. The van der Waals surface area contributed by atoms with E-state index < -0.39 is 11.2 Å². The number of carboxylic acid groups (broad SMARTS) is 1. The van der Waals surface area contributed by atoms with E-state index in [4.69, 9.17) is 10.2 Å². The van der Waals surface area contributed by atoms with Crippen molar-refractivity contribution >= 4 is 17.7 Å². The first-order chi connectivity index (χ1) is 6.25. The van der Waals surface area contributed by atoms with Gasteiger partial charge in [-0.3, -0.25) is 4.79 Å². The standard InChI is InChI=1S/C9H10O3S/c10-6-13-8(9(11)12)7-4-2-1-3-5-7/h1-5,8,10H,6H2,(H,11,12). The first-order valence-corrected chi connectivity index (χ1v) is 4.81. The van der Waals surface area contributed by atoms with E-state index >= 15 is 0 Å². The minimum atomic E-state index is -0.926. The summed E-state index contributed by atoms with van der Waals surface area (Å²) in [5.41, 5.74) is 0.703. The molecule has 0 aromatic heterocycles. The van der Waals surface area contributed by atoms with E-state index in [2.05, 4.69) is 0 Å². The van der Waals surface area contributed by atoms with Gasteiger partial charge in [0.2, 0.25) is 0 Å². The Kier molecular flexibility index (Phi) is 3.79. The van der Waals surface area contributed by atoms with Crippen LogP contribution in [0.2, 0.25) is 0 Å². The molecule has 0 heterocycles. The Hall–Kier alpha value is -1.00. The summed E-state index contributed by atoms with van der Waals surface area (Å²) in [4.78, 5) is 10.8. The largest absolute Gasteiger partial charge is 0.480 e. The third-order valence-electron chi connectivity index (χ3n) is 1.57. The summed E-state index contributed by atoms with van der Waals surface area (Å²) in [7, 11) is 0. The summed E-state index contributed by atoms with van der Waals surface area (Å²) >= 11 is 0.994. The van der Waals surface area contributed by atoms with Crippen molar-refractivity contribution in [3.05, 3.63) is 35.9 Å². The van der Waals surface area contributed by atoms with Gasteiger partial charge in [0, 0.05) is 0 Å². The molecule has 0 aliphatic carbocycles. The highest BCUT2D eigenvalue weighted by molar-refractivity contribution is 8.00. The number of benzene rings is 1. The zero-order chi connectivity index (χ0) is 9.68. The number of carbonyl (C=O) groups is 1. The van der Waals surface area contributed by atoms with Gasteiger partial charge in [-0.05, 0) is 5.56 Å². The predicted octanol–water partition coefficient (Wildman–Crippen LogP) is 1.50. The Morgan fingerprint density at radius 2 is 2.00 bits per heavy atom. The average Bonchev–Trinajstić information content (AvgIpc) is 2.15. The van der Waals surface area contributed by atoms with Crippen molar-refractivity contribution in [1.29, 1.82) is 0 Å². The molecule has 0 saturated carbocycles. The average molecular weight is 198 g/mol. The molecule has 3 nitrogen and oxygen atoms in total. The highest BCUT2D eigenvalue weighted by Crippen LogP contribution is 2.27. The molecule has 0 fully saturated rings. The predicted molar refractivity (Wildman–Crippen MR) is 51.5 cm³/mol. The molecule has 2 N–H and O–H groups in total. The Morgan fingerprint density at radius 1 is 1.38 bits per heavy atom. The molecule has 4 heteroatoms. The molecule has 0 aliphatic rings. The molecule has 0 saturated heterocycles. The molecule has 0 amide bonds. The smallest absolute Gasteiger partial charge is 0.321 e. The Labute approximate surface area is 80.4 Å². The van der Waals surface area contributed by atoms with E-state index in [0.717, 1.165) is 11.8 Å². The maximum atomic E-state index is 10.8. The van der Waals surface area contributed by atoms with Crippen LogP contribution in [0, 0.1) is 0 Å². The molecule has 0 bridgehead atoms. The minimum absolute atomic E-state index is 0.189. The summed E-state index contributed by atoms with van der Waals surface area (Å²) < 4.78 is 0. The number of rotatable bonds is 4. The molecule has 1 aromatic rings. The second-order valence-corrected chi connectivity index (χ2v) is 3.49. The van der Waals surface area contributed by atoms with Crippen molar-refractivity contribution in [2.75, 3.05) is 5.94 Å². The van der Waals surface area contributed by atoms with Crippen molar-refractivity contribution in [3.63, 3.8) is 0 Å². The summed E-state index contributed by atoms with van der Waals surface area (Å²) in [5.74, 6) is -1.11. The molecule has 70 valence electrons. The number of hydrogen-bond acceptors (Lipinski definition) is 3. The van der Waals surface area contributed by atoms with Gasteiger partial charge in [0.1, 0.15) is 5.25 Å². The van der Waals surface area contributed by atoms with Gasteiger partial charge in [-0.1, -0.05) is 30.3 Å². The van der Waals surface area contributed by atoms with Crippen molar-refractivity contribution in [2.24, 2.45) is 0 Å². The van der Waals surface area contributed by atoms with E-state index in [1.165, 1.54) is 0 Å². The highest BCUT2D eigenvalue weighted by Gasteiger charge is 2.18. The maximum absolute atomic E-state index is 10.8. The minimum Gasteiger partial charge on any atom is -0.480 e. The van der Waals surface area contributed by atoms with Gasteiger partial charge in [-0.2, -0.15) is 0 Å². The molecule has 0 spiro atoms. The molecular formula is C9H10O3S. The Balaban J connectivity index is 2.82. The lowest BCUT2D eigenvalue weighted by Gasteiger charge is -2.09. The van der Waals surface area contributed by atoms with E-state index in [-0.39, 0.29) is 5.94 Å². The number of aliphatic hydroxyl groups excluding tert-OH is 1. The van der Waals surface area contributed by atoms with Crippen LogP contribution >= 0.6 is 11.8 Å². The fourth-order valence-corrected chi connectivity index (χ4v) is 1.65. The number of carboxylic acids is 1. The molecule has 1 rings (SSSR count). The molecule has 1 aromatic carbocycles. The van der Waals surface area contributed by atoms with Crippen LogP contribution in [0.1, 0.15) is 10.8 Å². The third kappa shape index (κ3) is 2.75. The maximum Gasteiger partial charge on any atom is 0.321 e. The number of aliphatic hydroxyl groups is 1. The van der Waals surface area contributed by atoms with Crippen LogP contribution in [-0.4, -0.2) is 22.1 Å².